The van der Waals surface area contributed by atoms with Gasteiger partial charge in [0.15, 0.2) is 6.10 Å². The number of aliphatic hydroxyl groups is 1. The standard InChI is InChI=1S/C8H6Cl2F3NO/c9-5-2-7(10)14-3-4(5)1-6(15)8(11,12)13/h2-3,6,15H,1H2. The molecule has 84 valence electrons. The lowest BCUT2D eigenvalue weighted by Gasteiger charge is -2.14. The van der Waals surface area contributed by atoms with Gasteiger partial charge in [0.05, 0.1) is 0 Å². The molecule has 0 saturated heterocycles. The predicted octanol–water partition coefficient (Wildman–Crippen LogP) is 2.85. The molecule has 1 unspecified atom stereocenters. The lowest BCUT2D eigenvalue weighted by Crippen LogP contribution is -2.30. The molecule has 0 aliphatic rings. The fourth-order valence-electron chi connectivity index (χ4n) is 0.910. The smallest absolute Gasteiger partial charge is 0.383 e. The van der Waals surface area contributed by atoms with E-state index in [9.17, 15) is 13.2 Å². The van der Waals surface area contributed by atoms with Crippen LogP contribution in [0.25, 0.3) is 0 Å². The Hall–Kier alpha value is -0.520. The Labute approximate surface area is 93.6 Å². The van der Waals surface area contributed by atoms with E-state index >= 15 is 0 Å². The predicted molar refractivity (Wildman–Crippen MR) is 50.0 cm³/mol. The first-order chi connectivity index (χ1) is 6.80. The van der Waals surface area contributed by atoms with Gasteiger partial charge in [-0.05, 0) is 11.6 Å². The summed E-state index contributed by atoms with van der Waals surface area (Å²) in [5.41, 5.74) is 0.103. The van der Waals surface area contributed by atoms with E-state index in [2.05, 4.69) is 4.98 Å². The molecule has 2 nitrogen and oxygen atoms in total. The van der Waals surface area contributed by atoms with Crippen LogP contribution in [0.1, 0.15) is 5.56 Å². The number of aromatic nitrogens is 1. The molecule has 0 aliphatic heterocycles. The summed E-state index contributed by atoms with van der Waals surface area (Å²) in [4.78, 5) is 3.58. The number of rotatable bonds is 2. The Balaban J connectivity index is 2.82. The molecule has 1 heterocycles. The van der Waals surface area contributed by atoms with Crippen molar-refractivity contribution in [3.63, 3.8) is 0 Å². The number of halogens is 5. The first-order valence-corrected chi connectivity index (χ1v) is 4.61. The van der Waals surface area contributed by atoms with Crippen LogP contribution in [-0.2, 0) is 6.42 Å². The SMILES string of the molecule is OC(Cc1cnc(Cl)cc1Cl)C(F)(F)F. The van der Waals surface area contributed by atoms with Gasteiger partial charge in [-0.2, -0.15) is 13.2 Å². The minimum absolute atomic E-state index is 0.0540. The average molecular weight is 260 g/mol. The molecule has 0 aliphatic carbocycles. The summed E-state index contributed by atoms with van der Waals surface area (Å²) >= 11 is 11.1. The number of hydrogen-bond donors (Lipinski definition) is 1. The first kappa shape index (κ1) is 12.5. The van der Waals surface area contributed by atoms with Crippen LogP contribution in [-0.4, -0.2) is 22.4 Å². The van der Waals surface area contributed by atoms with Gasteiger partial charge in [-0.15, -0.1) is 0 Å². The van der Waals surface area contributed by atoms with Gasteiger partial charge in [0.1, 0.15) is 5.15 Å². The van der Waals surface area contributed by atoms with E-state index in [-0.39, 0.29) is 15.7 Å². The van der Waals surface area contributed by atoms with Crippen molar-refractivity contribution in [2.45, 2.75) is 18.7 Å². The number of pyridine rings is 1. The van der Waals surface area contributed by atoms with Crippen molar-refractivity contribution in [3.05, 3.63) is 28.0 Å². The Bertz CT molecular complexity index is 356. The van der Waals surface area contributed by atoms with Crippen molar-refractivity contribution < 1.29 is 18.3 Å². The first-order valence-electron chi connectivity index (χ1n) is 3.85. The van der Waals surface area contributed by atoms with Crippen LogP contribution < -0.4 is 0 Å². The molecular formula is C8H6Cl2F3NO. The molecular weight excluding hydrogens is 254 g/mol. The molecule has 1 aromatic heterocycles. The van der Waals surface area contributed by atoms with E-state index in [0.717, 1.165) is 6.20 Å². The van der Waals surface area contributed by atoms with Gasteiger partial charge in [0.2, 0.25) is 0 Å². The third-order valence-electron chi connectivity index (χ3n) is 1.69. The second-order valence-corrected chi connectivity index (χ2v) is 3.65. The van der Waals surface area contributed by atoms with E-state index in [4.69, 9.17) is 28.3 Å². The molecule has 0 fully saturated rings. The summed E-state index contributed by atoms with van der Waals surface area (Å²) in [5.74, 6) is 0. The molecule has 15 heavy (non-hydrogen) atoms. The van der Waals surface area contributed by atoms with Crippen molar-refractivity contribution in [1.29, 1.82) is 0 Å². The highest BCUT2D eigenvalue weighted by molar-refractivity contribution is 6.34. The normalized spacial score (nSPS) is 14.0. The molecule has 0 radical (unpaired) electrons. The van der Waals surface area contributed by atoms with Gasteiger partial charge >= 0.3 is 6.18 Å². The van der Waals surface area contributed by atoms with Crippen LogP contribution in [0.4, 0.5) is 13.2 Å². The average Bonchev–Trinajstić information content (AvgIpc) is 2.08. The third kappa shape index (κ3) is 3.52. The quantitative estimate of drug-likeness (QED) is 0.829. The molecule has 0 bridgehead atoms. The van der Waals surface area contributed by atoms with Gasteiger partial charge in [0.25, 0.3) is 0 Å². The topological polar surface area (TPSA) is 33.1 Å². The number of hydrogen-bond acceptors (Lipinski definition) is 2. The van der Waals surface area contributed by atoms with Crippen LogP contribution in [0.3, 0.4) is 0 Å². The van der Waals surface area contributed by atoms with Gasteiger partial charge in [-0.25, -0.2) is 4.98 Å². The summed E-state index contributed by atoms with van der Waals surface area (Å²) in [5, 5.41) is 8.93. The van der Waals surface area contributed by atoms with E-state index in [1.54, 1.807) is 0 Å². The molecule has 7 heteroatoms. The van der Waals surface area contributed by atoms with Crippen LogP contribution in [0, 0.1) is 0 Å². The summed E-state index contributed by atoms with van der Waals surface area (Å²) in [6, 6.07) is 1.22. The molecule has 0 saturated carbocycles. The van der Waals surface area contributed by atoms with E-state index < -0.39 is 18.7 Å². The molecule has 0 amide bonds. The lowest BCUT2D eigenvalue weighted by atomic mass is 10.1. The maximum Gasteiger partial charge on any atom is 0.414 e. The zero-order valence-electron chi connectivity index (χ0n) is 7.22. The second-order valence-electron chi connectivity index (χ2n) is 2.86. The fourth-order valence-corrected chi connectivity index (χ4v) is 1.35. The van der Waals surface area contributed by atoms with Crippen molar-refractivity contribution in [2.24, 2.45) is 0 Å². The Morgan fingerprint density at radius 2 is 2.00 bits per heavy atom. The fraction of sp³-hybridized carbons (Fsp3) is 0.375. The van der Waals surface area contributed by atoms with Crippen LogP contribution >= 0.6 is 23.2 Å². The Morgan fingerprint density at radius 3 is 2.47 bits per heavy atom. The zero-order chi connectivity index (χ0) is 11.6. The molecule has 1 aromatic rings. The largest absolute Gasteiger partial charge is 0.414 e. The van der Waals surface area contributed by atoms with E-state index in [0.29, 0.717) is 0 Å². The number of alkyl halides is 3. The van der Waals surface area contributed by atoms with Crippen molar-refractivity contribution >= 4 is 23.2 Å². The van der Waals surface area contributed by atoms with E-state index in [1.165, 1.54) is 6.07 Å². The van der Waals surface area contributed by atoms with Crippen molar-refractivity contribution in [2.75, 3.05) is 0 Å². The summed E-state index contributed by atoms with van der Waals surface area (Å²) in [6.07, 6.45) is -6.63. The maximum absolute atomic E-state index is 12.0. The Kier molecular flexibility index (Phi) is 3.81. The highest BCUT2D eigenvalue weighted by Gasteiger charge is 2.38. The van der Waals surface area contributed by atoms with Gasteiger partial charge in [-0.1, -0.05) is 23.2 Å². The molecule has 0 aromatic carbocycles. The third-order valence-corrected chi connectivity index (χ3v) is 2.25. The van der Waals surface area contributed by atoms with E-state index in [1.807, 2.05) is 0 Å². The monoisotopic (exact) mass is 259 g/mol. The molecule has 1 rings (SSSR count). The molecule has 1 atom stereocenters. The van der Waals surface area contributed by atoms with Gasteiger partial charge in [0, 0.05) is 17.6 Å². The van der Waals surface area contributed by atoms with Gasteiger partial charge in [-0.3, -0.25) is 0 Å². The number of nitrogens with zero attached hydrogens (tertiary/aromatic N) is 1. The second kappa shape index (κ2) is 4.55. The van der Waals surface area contributed by atoms with Crippen LogP contribution in [0.15, 0.2) is 12.3 Å². The minimum atomic E-state index is -4.66. The summed E-state index contributed by atoms with van der Waals surface area (Å²) in [7, 11) is 0. The zero-order valence-corrected chi connectivity index (χ0v) is 8.74. The molecule has 0 spiro atoms. The summed E-state index contributed by atoms with van der Waals surface area (Å²) < 4.78 is 36.0. The Morgan fingerprint density at radius 1 is 1.40 bits per heavy atom. The van der Waals surface area contributed by atoms with Crippen molar-refractivity contribution in [3.8, 4) is 0 Å². The highest BCUT2D eigenvalue weighted by Crippen LogP contribution is 2.26. The van der Waals surface area contributed by atoms with Crippen LogP contribution in [0.2, 0.25) is 10.2 Å². The maximum atomic E-state index is 12.0. The minimum Gasteiger partial charge on any atom is -0.383 e. The summed E-state index contributed by atoms with van der Waals surface area (Å²) in [6.45, 7) is 0. The van der Waals surface area contributed by atoms with Crippen molar-refractivity contribution in [1.82, 2.24) is 4.98 Å². The number of aliphatic hydroxyl groups excluding tert-OH is 1. The molecule has 1 N–H and O–H groups in total. The highest BCUT2D eigenvalue weighted by atomic mass is 35.5. The van der Waals surface area contributed by atoms with Gasteiger partial charge < -0.3 is 5.11 Å². The lowest BCUT2D eigenvalue weighted by molar-refractivity contribution is -0.203. The van der Waals surface area contributed by atoms with Crippen LogP contribution in [0.5, 0.6) is 0 Å².